The quantitative estimate of drug-likeness (QED) is 0.924. The molecule has 0 amide bonds. The number of aromatic nitrogens is 2. The van der Waals surface area contributed by atoms with Crippen LogP contribution in [0.25, 0.3) is 11.4 Å². The molecule has 106 valence electrons. The number of aryl methyl sites for hydroxylation is 1. The van der Waals surface area contributed by atoms with E-state index in [0.717, 1.165) is 37.3 Å². The van der Waals surface area contributed by atoms with E-state index in [1.165, 1.54) is 0 Å². The summed E-state index contributed by atoms with van der Waals surface area (Å²) < 4.78 is 5.39. The van der Waals surface area contributed by atoms with Gasteiger partial charge in [-0.05, 0) is 19.4 Å². The Kier molecular flexibility index (Phi) is 3.80. The maximum absolute atomic E-state index is 5.39. The van der Waals surface area contributed by atoms with Crippen molar-refractivity contribution in [2.75, 3.05) is 19.6 Å². The monoisotopic (exact) mass is 272 g/mol. The van der Waals surface area contributed by atoms with E-state index in [-0.39, 0.29) is 0 Å². The topological polar surface area (TPSA) is 54.2 Å². The molecule has 1 N–H and O–H groups in total. The van der Waals surface area contributed by atoms with Crippen LogP contribution in [0.3, 0.4) is 0 Å². The van der Waals surface area contributed by atoms with Gasteiger partial charge in [-0.1, -0.05) is 29.4 Å². The predicted molar refractivity (Wildman–Crippen MR) is 77.2 cm³/mol. The summed E-state index contributed by atoms with van der Waals surface area (Å²) in [7, 11) is 0. The third-order valence-corrected chi connectivity index (χ3v) is 3.67. The van der Waals surface area contributed by atoms with Crippen molar-refractivity contribution in [3.8, 4) is 11.4 Å². The Balaban J connectivity index is 1.72. The van der Waals surface area contributed by atoms with Crippen LogP contribution in [0.4, 0.5) is 0 Å². The van der Waals surface area contributed by atoms with Crippen molar-refractivity contribution in [2.45, 2.75) is 26.4 Å². The van der Waals surface area contributed by atoms with E-state index in [4.69, 9.17) is 4.52 Å². The molecule has 1 saturated heterocycles. The number of piperazine rings is 1. The van der Waals surface area contributed by atoms with Gasteiger partial charge < -0.3 is 9.84 Å². The number of benzene rings is 1. The van der Waals surface area contributed by atoms with Crippen molar-refractivity contribution in [3.63, 3.8) is 0 Å². The minimum atomic E-state index is 0.516. The zero-order valence-corrected chi connectivity index (χ0v) is 12.0. The molecule has 0 unspecified atom stereocenters. The summed E-state index contributed by atoms with van der Waals surface area (Å²) in [5.41, 5.74) is 2.20. The molecule has 1 aliphatic rings. The van der Waals surface area contributed by atoms with Gasteiger partial charge in [-0.25, -0.2) is 0 Å². The molecule has 1 aromatic heterocycles. The first kappa shape index (κ1) is 13.3. The van der Waals surface area contributed by atoms with Gasteiger partial charge in [0.25, 0.3) is 0 Å². The Morgan fingerprint density at radius 1 is 1.40 bits per heavy atom. The van der Waals surface area contributed by atoms with Gasteiger partial charge in [-0.15, -0.1) is 0 Å². The Morgan fingerprint density at radius 2 is 2.25 bits per heavy atom. The van der Waals surface area contributed by atoms with Crippen LogP contribution in [0, 0.1) is 6.92 Å². The van der Waals surface area contributed by atoms with Gasteiger partial charge in [0.05, 0.1) is 6.54 Å². The number of hydrogen-bond acceptors (Lipinski definition) is 5. The molecule has 0 aliphatic carbocycles. The van der Waals surface area contributed by atoms with Gasteiger partial charge in [0.1, 0.15) is 0 Å². The maximum Gasteiger partial charge on any atom is 0.241 e. The van der Waals surface area contributed by atoms with Crippen molar-refractivity contribution in [1.29, 1.82) is 0 Å². The fraction of sp³-hybridized carbons (Fsp3) is 0.467. The maximum atomic E-state index is 5.39. The summed E-state index contributed by atoms with van der Waals surface area (Å²) in [4.78, 5) is 6.86. The lowest BCUT2D eigenvalue weighted by Gasteiger charge is -2.30. The van der Waals surface area contributed by atoms with Crippen LogP contribution < -0.4 is 5.32 Å². The van der Waals surface area contributed by atoms with Crippen LogP contribution in [-0.4, -0.2) is 40.7 Å². The van der Waals surface area contributed by atoms with Crippen LogP contribution in [0.2, 0.25) is 0 Å². The summed E-state index contributed by atoms with van der Waals surface area (Å²) >= 11 is 0. The highest BCUT2D eigenvalue weighted by Gasteiger charge is 2.18. The lowest BCUT2D eigenvalue weighted by Crippen LogP contribution is -2.48. The molecule has 1 fully saturated rings. The van der Waals surface area contributed by atoms with Crippen molar-refractivity contribution in [3.05, 3.63) is 35.7 Å². The molecule has 0 saturated carbocycles. The number of rotatable bonds is 3. The van der Waals surface area contributed by atoms with Gasteiger partial charge >= 0.3 is 0 Å². The third kappa shape index (κ3) is 2.89. The average Bonchev–Trinajstić information content (AvgIpc) is 2.87. The van der Waals surface area contributed by atoms with Crippen molar-refractivity contribution < 1.29 is 4.52 Å². The Morgan fingerprint density at radius 3 is 3.05 bits per heavy atom. The molecule has 5 nitrogen and oxygen atoms in total. The molecule has 3 rings (SSSR count). The summed E-state index contributed by atoms with van der Waals surface area (Å²) in [6.07, 6.45) is 0. The summed E-state index contributed by atoms with van der Waals surface area (Å²) in [6.45, 7) is 8.03. The lowest BCUT2D eigenvalue weighted by molar-refractivity contribution is 0.177. The van der Waals surface area contributed by atoms with Crippen LogP contribution in [0.5, 0.6) is 0 Å². The molecule has 2 aromatic rings. The largest absolute Gasteiger partial charge is 0.338 e. The Bertz CT molecular complexity index is 581. The van der Waals surface area contributed by atoms with Crippen LogP contribution in [-0.2, 0) is 6.54 Å². The first-order valence-electron chi connectivity index (χ1n) is 7.06. The highest BCUT2D eigenvalue weighted by Crippen LogP contribution is 2.20. The van der Waals surface area contributed by atoms with E-state index in [0.29, 0.717) is 17.8 Å². The summed E-state index contributed by atoms with van der Waals surface area (Å²) in [6, 6.07) is 8.61. The van der Waals surface area contributed by atoms with Gasteiger partial charge in [0.2, 0.25) is 11.7 Å². The van der Waals surface area contributed by atoms with Crippen molar-refractivity contribution in [1.82, 2.24) is 20.4 Å². The van der Waals surface area contributed by atoms with Gasteiger partial charge in [0.15, 0.2) is 0 Å². The van der Waals surface area contributed by atoms with Crippen LogP contribution >= 0.6 is 0 Å². The van der Waals surface area contributed by atoms with E-state index in [9.17, 15) is 0 Å². The minimum absolute atomic E-state index is 0.516. The highest BCUT2D eigenvalue weighted by molar-refractivity contribution is 5.58. The molecule has 0 bridgehead atoms. The van der Waals surface area contributed by atoms with E-state index < -0.39 is 0 Å². The highest BCUT2D eigenvalue weighted by atomic mass is 16.5. The molecule has 1 aliphatic heterocycles. The zero-order chi connectivity index (χ0) is 13.9. The molecule has 20 heavy (non-hydrogen) atoms. The minimum Gasteiger partial charge on any atom is -0.338 e. The van der Waals surface area contributed by atoms with Crippen LogP contribution in [0.15, 0.2) is 28.8 Å². The Hall–Kier alpha value is -1.72. The first-order valence-corrected chi connectivity index (χ1v) is 7.06. The smallest absolute Gasteiger partial charge is 0.241 e. The number of nitrogens with one attached hydrogen (secondary N) is 1. The van der Waals surface area contributed by atoms with Crippen molar-refractivity contribution in [2.24, 2.45) is 0 Å². The first-order chi connectivity index (χ1) is 9.72. The standard InChI is InChI=1S/C15H20N4O/c1-11-5-3-4-6-13(11)15-17-14(20-18-15)10-19-8-7-16-12(2)9-19/h3-6,12,16H,7-10H2,1-2H3/t12-/m0/s1. The summed E-state index contributed by atoms with van der Waals surface area (Å²) in [5, 5.41) is 7.53. The number of hydrogen-bond donors (Lipinski definition) is 1. The second-order valence-electron chi connectivity index (χ2n) is 5.42. The fourth-order valence-electron chi connectivity index (χ4n) is 2.60. The number of nitrogens with zero attached hydrogens (tertiary/aromatic N) is 3. The van der Waals surface area contributed by atoms with E-state index in [2.05, 4.69) is 40.3 Å². The second-order valence-corrected chi connectivity index (χ2v) is 5.42. The van der Waals surface area contributed by atoms with Crippen molar-refractivity contribution >= 4 is 0 Å². The molecule has 0 radical (unpaired) electrons. The van der Waals surface area contributed by atoms with E-state index >= 15 is 0 Å². The molecule has 0 spiro atoms. The average molecular weight is 272 g/mol. The lowest BCUT2D eigenvalue weighted by atomic mass is 10.1. The molecule has 1 aromatic carbocycles. The molecule has 1 atom stereocenters. The molecule has 2 heterocycles. The van der Waals surface area contributed by atoms with Gasteiger partial charge in [-0.3, -0.25) is 4.90 Å². The molecular weight excluding hydrogens is 252 g/mol. The molecule has 5 heteroatoms. The Labute approximate surface area is 119 Å². The second kappa shape index (κ2) is 5.73. The fourth-order valence-corrected chi connectivity index (χ4v) is 2.60. The van der Waals surface area contributed by atoms with E-state index in [1.54, 1.807) is 0 Å². The summed E-state index contributed by atoms with van der Waals surface area (Å²) in [5.74, 6) is 1.37. The van der Waals surface area contributed by atoms with Gasteiger partial charge in [-0.2, -0.15) is 4.98 Å². The van der Waals surface area contributed by atoms with Gasteiger partial charge in [0, 0.05) is 31.2 Å². The zero-order valence-electron chi connectivity index (χ0n) is 12.0. The van der Waals surface area contributed by atoms with E-state index in [1.807, 2.05) is 18.2 Å². The third-order valence-electron chi connectivity index (χ3n) is 3.67. The normalized spacial score (nSPS) is 20.2. The predicted octanol–water partition coefficient (Wildman–Crippen LogP) is 1.84. The van der Waals surface area contributed by atoms with Crippen LogP contribution in [0.1, 0.15) is 18.4 Å². The SMILES string of the molecule is Cc1ccccc1-c1noc(CN2CCN[C@@H](C)C2)n1. The molecular formula is C15H20N4O.